The number of ether oxygens (including phenoxy) is 1. The normalized spacial score (nSPS) is 17.3. The highest BCUT2D eigenvalue weighted by atomic mass is 32.2. The van der Waals surface area contributed by atoms with Crippen molar-refractivity contribution < 1.29 is 27.5 Å². The van der Waals surface area contributed by atoms with E-state index in [1.807, 2.05) is 6.07 Å². The summed E-state index contributed by atoms with van der Waals surface area (Å²) in [6.07, 6.45) is 0.396. The van der Waals surface area contributed by atoms with Crippen LogP contribution in [0.4, 0.5) is 0 Å². The summed E-state index contributed by atoms with van der Waals surface area (Å²) in [5, 5.41) is 0. The molecule has 1 unspecified atom stereocenters. The van der Waals surface area contributed by atoms with E-state index in [4.69, 9.17) is 4.74 Å². The Bertz CT molecular complexity index is 1030. The van der Waals surface area contributed by atoms with Gasteiger partial charge in [0.2, 0.25) is 0 Å². The Morgan fingerprint density at radius 1 is 0.967 bits per heavy atom. The van der Waals surface area contributed by atoms with Crippen LogP contribution >= 0.6 is 0 Å². The molecule has 2 aromatic carbocycles. The number of hydrogen-bond acceptors (Lipinski definition) is 6. The lowest BCUT2D eigenvalue weighted by molar-refractivity contribution is -0.136. The first-order valence-electron chi connectivity index (χ1n) is 9.67. The molecule has 0 N–H and O–H groups in total. The van der Waals surface area contributed by atoms with Gasteiger partial charge in [-0.3, -0.25) is 9.59 Å². The monoisotopic (exact) mass is 429 g/mol. The molecule has 0 bridgehead atoms. The summed E-state index contributed by atoms with van der Waals surface area (Å²) >= 11 is 0. The van der Waals surface area contributed by atoms with Crippen molar-refractivity contribution in [3.05, 3.63) is 71.3 Å². The topological polar surface area (TPSA) is 97.8 Å². The molecular weight excluding hydrogens is 406 g/mol. The van der Waals surface area contributed by atoms with Gasteiger partial charge in [0.25, 0.3) is 5.91 Å². The molecule has 0 spiro atoms. The van der Waals surface area contributed by atoms with E-state index in [0.29, 0.717) is 24.1 Å². The number of likely N-dealkylation sites (N-methyl/N-ethyl adjacent to an activating group) is 1. The molecule has 158 valence electrons. The van der Waals surface area contributed by atoms with Gasteiger partial charge < -0.3 is 9.64 Å². The van der Waals surface area contributed by atoms with E-state index in [1.54, 1.807) is 31.2 Å². The van der Waals surface area contributed by atoms with Crippen LogP contribution in [-0.2, 0) is 19.4 Å². The number of amides is 1. The quantitative estimate of drug-likeness (QED) is 0.494. The molecule has 0 aliphatic carbocycles. The van der Waals surface area contributed by atoms with Crippen molar-refractivity contribution in [1.82, 2.24) is 4.90 Å². The molecule has 1 aliphatic heterocycles. The molecule has 30 heavy (non-hydrogen) atoms. The maximum Gasteiger partial charge on any atom is 0.338 e. The zero-order valence-electron chi connectivity index (χ0n) is 16.6. The van der Waals surface area contributed by atoms with Gasteiger partial charge in [-0.15, -0.1) is 0 Å². The molecule has 3 rings (SSSR count). The summed E-state index contributed by atoms with van der Waals surface area (Å²) in [6.45, 7) is 1.63. The SMILES string of the molecule is CCN(C(=O)COC(=O)c1ccc(C(=O)c2ccccc2)cc1)C1CCS(=O)(=O)C1. The van der Waals surface area contributed by atoms with Crippen molar-refractivity contribution in [3.8, 4) is 0 Å². The van der Waals surface area contributed by atoms with Crippen LogP contribution in [0.15, 0.2) is 54.6 Å². The number of carbonyl (C=O) groups is 3. The van der Waals surface area contributed by atoms with Crippen LogP contribution in [0.25, 0.3) is 0 Å². The van der Waals surface area contributed by atoms with E-state index >= 15 is 0 Å². The van der Waals surface area contributed by atoms with E-state index in [2.05, 4.69) is 0 Å². The maximum atomic E-state index is 12.4. The average Bonchev–Trinajstić information content (AvgIpc) is 3.12. The van der Waals surface area contributed by atoms with Crippen LogP contribution < -0.4 is 0 Å². The number of carbonyl (C=O) groups excluding carboxylic acids is 3. The van der Waals surface area contributed by atoms with E-state index in [0.717, 1.165) is 0 Å². The van der Waals surface area contributed by atoms with Crippen LogP contribution in [0.3, 0.4) is 0 Å². The summed E-state index contributed by atoms with van der Waals surface area (Å²) in [5.74, 6) is -1.26. The molecule has 1 fully saturated rings. The number of hydrogen-bond donors (Lipinski definition) is 0. The van der Waals surface area contributed by atoms with Gasteiger partial charge >= 0.3 is 5.97 Å². The number of esters is 1. The fraction of sp³-hybridized carbons (Fsp3) is 0.318. The number of sulfone groups is 1. The Hall–Kier alpha value is -3.00. The van der Waals surface area contributed by atoms with Crippen LogP contribution in [0.5, 0.6) is 0 Å². The van der Waals surface area contributed by atoms with Crippen LogP contribution in [0.2, 0.25) is 0 Å². The van der Waals surface area contributed by atoms with Gasteiger partial charge in [0, 0.05) is 23.7 Å². The molecule has 1 atom stereocenters. The van der Waals surface area contributed by atoms with Gasteiger partial charge in [-0.2, -0.15) is 0 Å². The zero-order valence-corrected chi connectivity index (χ0v) is 17.4. The van der Waals surface area contributed by atoms with Crippen molar-refractivity contribution in [2.24, 2.45) is 0 Å². The summed E-state index contributed by atoms with van der Waals surface area (Å²) in [5.41, 5.74) is 1.21. The Morgan fingerprint density at radius 3 is 2.13 bits per heavy atom. The Balaban J connectivity index is 1.58. The smallest absolute Gasteiger partial charge is 0.338 e. The Morgan fingerprint density at radius 2 is 1.57 bits per heavy atom. The molecule has 8 heteroatoms. The molecule has 2 aromatic rings. The summed E-state index contributed by atoms with van der Waals surface area (Å²) < 4.78 is 28.4. The first-order valence-corrected chi connectivity index (χ1v) is 11.5. The molecule has 0 aromatic heterocycles. The predicted octanol–water partition coefficient (Wildman–Crippen LogP) is 2.11. The molecule has 1 heterocycles. The summed E-state index contributed by atoms with van der Waals surface area (Å²) in [7, 11) is -3.12. The number of rotatable bonds is 7. The lowest BCUT2D eigenvalue weighted by Gasteiger charge is -2.26. The fourth-order valence-electron chi connectivity index (χ4n) is 3.47. The van der Waals surface area contributed by atoms with Crippen molar-refractivity contribution >= 4 is 27.5 Å². The van der Waals surface area contributed by atoms with E-state index < -0.39 is 28.3 Å². The highest BCUT2D eigenvalue weighted by Crippen LogP contribution is 2.18. The first-order chi connectivity index (χ1) is 14.3. The van der Waals surface area contributed by atoms with Gasteiger partial charge in [0.1, 0.15) is 0 Å². The Labute approximate surface area is 175 Å². The second-order valence-electron chi connectivity index (χ2n) is 7.09. The van der Waals surface area contributed by atoms with Gasteiger partial charge in [-0.05, 0) is 25.5 Å². The largest absolute Gasteiger partial charge is 0.452 e. The molecule has 0 saturated carbocycles. The van der Waals surface area contributed by atoms with Crippen molar-refractivity contribution in [2.45, 2.75) is 19.4 Å². The molecular formula is C22H23NO6S. The third-order valence-corrected chi connectivity index (χ3v) is 6.81. The van der Waals surface area contributed by atoms with Gasteiger partial charge in [0.15, 0.2) is 22.2 Å². The molecule has 1 amide bonds. The number of nitrogens with zero attached hydrogens (tertiary/aromatic N) is 1. The molecule has 0 radical (unpaired) electrons. The van der Waals surface area contributed by atoms with Crippen molar-refractivity contribution in [1.29, 1.82) is 0 Å². The van der Waals surface area contributed by atoms with E-state index in [-0.39, 0.29) is 28.9 Å². The minimum absolute atomic E-state index is 0.0581. The summed E-state index contributed by atoms with van der Waals surface area (Å²) in [4.78, 5) is 38.5. The minimum Gasteiger partial charge on any atom is -0.452 e. The van der Waals surface area contributed by atoms with Crippen LogP contribution in [-0.4, -0.2) is 61.7 Å². The van der Waals surface area contributed by atoms with E-state index in [9.17, 15) is 22.8 Å². The zero-order chi connectivity index (χ0) is 21.7. The van der Waals surface area contributed by atoms with Gasteiger partial charge in [0.05, 0.1) is 17.1 Å². The standard InChI is InChI=1S/C22H23NO6S/c1-2-23(19-12-13-30(27,28)15-19)20(24)14-29-22(26)18-10-8-17(9-11-18)21(25)16-6-4-3-5-7-16/h3-11,19H,2,12-15H2,1H3. The highest BCUT2D eigenvalue weighted by Gasteiger charge is 2.34. The summed E-state index contributed by atoms with van der Waals surface area (Å²) in [6, 6.07) is 14.4. The Kier molecular flexibility index (Phi) is 6.66. The predicted molar refractivity (Wildman–Crippen MR) is 111 cm³/mol. The van der Waals surface area contributed by atoms with Crippen molar-refractivity contribution in [2.75, 3.05) is 24.7 Å². The van der Waals surface area contributed by atoms with E-state index in [1.165, 1.54) is 29.2 Å². The highest BCUT2D eigenvalue weighted by molar-refractivity contribution is 7.91. The lowest BCUT2D eigenvalue weighted by Crippen LogP contribution is -2.43. The number of ketones is 1. The molecule has 7 nitrogen and oxygen atoms in total. The third kappa shape index (κ3) is 5.13. The van der Waals surface area contributed by atoms with Gasteiger partial charge in [-0.25, -0.2) is 13.2 Å². The first kappa shape index (κ1) is 21.7. The maximum absolute atomic E-state index is 12.4. The van der Waals surface area contributed by atoms with Crippen LogP contribution in [0.1, 0.15) is 39.6 Å². The lowest BCUT2D eigenvalue weighted by atomic mass is 10.0. The fourth-order valence-corrected chi connectivity index (χ4v) is 5.20. The average molecular weight is 429 g/mol. The van der Waals surface area contributed by atoms with Gasteiger partial charge in [-0.1, -0.05) is 42.5 Å². The molecule has 1 aliphatic rings. The van der Waals surface area contributed by atoms with Crippen molar-refractivity contribution in [3.63, 3.8) is 0 Å². The number of benzene rings is 2. The second kappa shape index (κ2) is 9.21. The van der Waals surface area contributed by atoms with Crippen LogP contribution in [0, 0.1) is 0 Å². The second-order valence-corrected chi connectivity index (χ2v) is 9.31. The minimum atomic E-state index is -3.12. The molecule has 1 saturated heterocycles. The third-order valence-electron chi connectivity index (χ3n) is 5.06.